The van der Waals surface area contributed by atoms with Crippen LogP contribution in [0.3, 0.4) is 0 Å². The molecule has 1 unspecified atom stereocenters. The Kier molecular flexibility index (Phi) is 25.1. The summed E-state index contributed by atoms with van der Waals surface area (Å²) in [6.07, 6.45) is 21.7. The van der Waals surface area contributed by atoms with E-state index in [1.807, 2.05) is 6.92 Å². The molecule has 1 fully saturated rings. The lowest BCUT2D eigenvalue weighted by Crippen LogP contribution is -2.61. The van der Waals surface area contributed by atoms with Crippen molar-refractivity contribution in [3.8, 4) is 0 Å². The molecule has 0 aromatic heterocycles. The number of hydrogen-bond donors (Lipinski definition) is 3. The smallest absolute Gasteiger partial charge is 0.317 e. The molecule has 1 atom stereocenters. The zero-order valence-electron chi connectivity index (χ0n) is 31.5. The molecule has 0 aromatic rings. The van der Waals surface area contributed by atoms with Gasteiger partial charge in [-0.25, -0.2) is 0 Å². The van der Waals surface area contributed by atoms with Crippen molar-refractivity contribution in [3.05, 3.63) is 0 Å². The largest absolute Gasteiger partial charge is 0.480 e. The van der Waals surface area contributed by atoms with Crippen molar-refractivity contribution in [2.75, 3.05) is 65.4 Å². The molecule has 286 valence electrons. The van der Waals surface area contributed by atoms with Crippen molar-refractivity contribution in [1.29, 1.82) is 0 Å². The minimum Gasteiger partial charge on any atom is -0.480 e. The first kappa shape index (κ1) is 44.8. The Morgan fingerprint density at radius 3 is 1.47 bits per heavy atom. The average Bonchev–Trinajstić information content (AvgIpc) is 3.23. The minimum atomic E-state index is -1.12. The summed E-state index contributed by atoms with van der Waals surface area (Å²) in [7, 11) is 0. The van der Waals surface area contributed by atoms with Crippen molar-refractivity contribution in [3.63, 3.8) is 0 Å². The molecular weight excluding hydrogens is 624 g/mol. The maximum Gasteiger partial charge on any atom is 0.317 e. The first-order valence-corrected chi connectivity index (χ1v) is 19.7. The normalized spacial score (nSPS) is 17.3. The van der Waals surface area contributed by atoms with E-state index in [4.69, 9.17) is 0 Å². The molecule has 0 aromatic carbocycles. The molecule has 11 heteroatoms. The SMILES string of the molecule is CCCCCCCCCCN(CCCCCCCCCC)C(=O)CCCCC1(N(CC(=O)O)CC(=O)O)CN(CC)CCN(CC(=O)O)C1. The summed E-state index contributed by atoms with van der Waals surface area (Å²) in [6.45, 7) is 9.44. The van der Waals surface area contributed by atoms with Crippen molar-refractivity contribution in [2.24, 2.45) is 0 Å². The van der Waals surface area contributed by atoms with Gasteiger partial charge < -0.3 is 25.1 Å². The van der Waals surface area contributed by atoms with Crippen molar-refractivity contribution < 1.29 is 34.5 Å². The zero-order chi connectivity index (χ0) is 36.3. The van der Waals surface area contributed by atoms with Crippen LogP contribution in [0.25, 0.3) is 0 Å². The topological polar surface area (TPSA) is 142 Å². The Morgan fingerprint density at radius 1 is 0.571 bits per heavy atom. The molecule has 0 radical (unpaired) electrons. The number of hydrogen-bond acceptors (Lipinski definition) is 7. The Labute approximate surface area is 297 Å². The molecule has 3 N–H and O–H groups in total. The number of amides is 1. The van der Waals surface area contributed by atoms with Gasteiger partial charge in [0.15, 0.2) is 0 Å². The van der Waals surface area contributed by atoms with Crippen molar-refractivity contribution in [2.45, 2.75) is 155 Å². The molecule has 49 heavy (non-hydrogen) atoms. The molecule has 0 aliphatic carbocycles. The fourth-order valence-electron chi connectivity index (χ4n) is 7.28. The standard InChI is InChI=1S/C38H72N4O7/c1-4-7-9-11-13-15-17-21-25-41(26-22-18-16-14-12-10-8-5-2)34(43)23-19-20-24-38(42(30-36(46)47)31-37(48)49)32-39(6-3)27-28-40(33-38)29-35(44)45/h4-33H2,1-3H3,(H,44,45)(H,46,47)(H,48,49). The van der Waals surface area contributed by atoms with Gasteiger partial charge >= 0.3 is 17.9 Å². The van der Waals surface area contributed by atoms with Gasteiger partial charge in [-0.2, -0.15) is 0 Å². The highest BCUT2D eigenvalue weighted by Gasteiger charge is 2.43. The Morgan fingerprint density at radius 2 is 1.02 bits per heavy atom. The van der Waals surface area contributed by atoms with E-state index >= 15 is 0 Å². The van der Waals surface area contributed by atoms with Crippen LogP contribution in [0.4, 0.5) is 0 Å². The molecule has 0 bridgehead atoms. The molecule has 1 aliphatic rings. The van der Waals surface area contributed by atoms with Gasteiger partial charge in [0, 0.05) is 51.2 Å². The van der Waals surface area contributed by atoms with E-state index < -0.39 is 36.5 Å². The van der Waals surface area contributed by atoms with Gasteiger partial charge in [0.05, 0.1) is 19.6 Å². The van der Waals surface area contributed by atoms with Crippen LogP contribution in [0.2, 0.25) is 0 Å². The third-order valence-electron chi connectivity index (χ3n) is 10.1. The average molecular weight is 697 g/mol. The van der Waals surface area contributed by atoms with Crippen LogP contribution in [-0.2, 0) is 19.2 Å². The van der Waals surface area contributed by atoms with Gasteiger partial charge in [-0.15, -0.1) is 0 Å². The monoisotopic (exact) mass is 697 g/mol. The number of aliphatic carboxylic acids is 3. The molecular formula is C38H72N4O7. The summed E-state index contributed by atoms with van der Waals surface area (Å²) in [5.74, 6) is -3.05. The summed E-state index contributed by atoms with van der Waals surface area (Å²) in [4.78, 5) is 56.7. The Balaban J connectivity index is 2.92. The molecule has 0 spiro atoms. The summed E-state index contributed by atoms with van der Waals surface area (Å²) < 4.78 is 0. The molecule has 1 heterocycles. The van der Waals surface area contributed by atoms with Gasteiger partial charge in [0.2, 0.25) is 5.91 Å². The second-order valence-corrected chi connectivity index (χ2v) is 14.4. The summed E-state index contributed by atoms with van der Waals surface area (Å²) in [5.41, 5.74) is -0.879. The second kappa shape index (κ2) is 27.5. The van der Waals surface area contributed by atoms with E-state index in [2.05, 4.69) is 23.6 Å². The summed E-state index contributed by atoms with van der Waals surface area (Å²) >= 11 is 0. The van der Waals surface area contributed by atoms with Gasteiger partial charge in [-0.3, -0.25) is 29.0 Å². The molecule has 1 amide bonds. The van der Waals surface area contributed by atoms with E-state index in [-0.39, 0.29) is 19.0 Å². The van der Waals surface area contributed by atoms with E-state index in [9.17, 15) is 34.5 Å². The molecule has 0 saturated carbocycles. The molecule has 1 aliphatic heterocycles. The fourth-order valence-corrected chi connectivity index (χ4v) is 7.28. The third-order valence-corrected chi connectivity index (χ3v) is 10.1. The van der Waals surface area contributed by atoms with Crippen LogP contribution in [0.5, 0.6) is 0 Å². The number of carboxylic acid groups (broad SMARTS) is 3. The van der Waals surface area contributed by atoms with Crippen LogP contribution in [0.1, 0.15) is 149 Å². The lowest BCUT2D eigenvalue weighted by atomic mass is 9.88. The molecule has 11 nitrogen and oxygen atoms in total. The summed E-state index contributed by atoms with van der Waals surface area (Å²) in [6, 6.07) is 0. The lowest BCUT2D eigenvalue weighted by Gasteiger charge is -2.45. The Hall–Kier alpha value is -2.24. The number of rotatable bonds is 31. The first-order chi connectivity index (χ1) is 23.6. The predicted molar refractivity (Wildman–Crippen MR) is 196 cm³/mol. The number of nitrogens with zero attached hydrogens (tertiary/aromatic N) is 4. The van der Waals surface area contributed by atoms with Crippen LogP contribution >= 0.6 is 0 Å². The van der Waals surface area contributed by atoms with Gasteiger partial charge in [0.1, 0.15) is 0 Å². The number of unbranched alkanes of at least 4 members (excludes halogenated alkanes) is 15. The predicted octanol–water partition coefficient (Wildman–Crippen LogP) is 6.59. The maximum atomic E-state index is 13.6. The number of carbonyl (C=O) groups is 4. The van der Waals surface area contributed by atoms with E-state index in [0.29, 0.717) is 51.9 Å². The quantitative estimate of drug-likeness (QED) is 0.0680. The number of likely N-dealkylation sites (N-methyl/N-ethyl adjacent to an activating group) is 1. The molecule has 1 rings (SSSR count). The van der Waals surface area contributed by atoms with Crippen molar-refractivity contribution >= 4 is 23.8 Å². The van der Waals surface area contributed by atoms with E-state index in [1.165, 1.54) is 81.9 Å². The molecule has 1 saturated heterocycles. The van der Waals surface area contributed by atoms with E-state index in [0.717, 1.165) is 38.8 Å². The third kappa shape index (κ3) is 20.9. The van der Waals surface area contributed by atoms with Gasteiger partial charge in [-0.1, -0.05) is 117 Å². The number of carbonyl (C=O) groups excluding carboxylic acids is 1. The fraction of sp³-hybridized carbons (Fsp3) is 0.895. The highest BCUT2D eigenvalue weighted by molar-refractivity contribution is 5.76. The second-order valence-electron chi connectivity index (χ2n) is 14.4. The van der Waals surface area contributed by atoms with Gasteiger partial charge in [-0.05, 0) is 32.2 Å². The van der Waals surface area contributed by atoms with Crippen LogP contribution in [0.15, 0.2) is 0 Å². The first-order valence-electron chi connectivity index (χ1n) is 19.7. The zero-order valence-corrected chi connectivity index (χ0v) is 31.5. The highest BCUT2D eigenvalue weighted by Crippen LogP contribution is 2.29. The highest BCUT2D eigenvalue weighted by atomic mass is 16.4. The minimum absolute atomic E-state index is 0.163. The van der Waals surface area contributed by atoms with E-state index in [1.54, 1.807) is 4.90 Å². The maximum absolute atomic E-state index is 13.6. The van der Waals surface area contributed by atoms with Crippen LogP contribution in [0, 0.1) is 0 Å². The number of carboxylic acids is 3. The van der Waals surface area contributed by atoms with Crippen LogP contribution in [-0.4, -0.2) is 130 Å². The van der Waals surface area contributed by atoms with Gasteiger partial charge in [0.25, 0.3) is 0 Å². The lowest BCUT2D eigenvalue weighted by molar-refractivity contribution is -0.147. The van der Waals surface area contributed by atoms with Crippen LogP contribution < -0.4 is 0 Å². The summed E-state index contributed by atoms with van der Waals surface area (Å²) in [5, 5.41) is 29.1. The Bertz CT molecular complexity index is 885. The van der Waals surface area contributed by atoms with Crippen molar-refractivity contribution in [1.82, 2.24) is 19.6 Å².